The van der Waals surface area contributed by atoms with Crippen LogP contribution in [0.5, 0.6) is 5.75 Å². The summed E-state index contributed by atoms with van der Waals surface area (Å²) in [4.78, 5) is 0. The lowest BCUT2D eigenvalue weighted by atomic mass is 9.99. The topological polar surface area (TPSA) is 21.3 Å². The fourth-order valence-corrected chi connectivity index (χ4v) is 2.38. The molecule has 0 aromatic heterocycles. The molecule has 0 aliphatic rings. The van der Waals surface area contributed by atoms with Crippen molar-refractivity contribution in [2.24, 2.45) is 5.92 Å². The molecule has 0 aliphatic carbocycles. The van der Waals surface area contributed by atoms with Gasteiger partial charge in [0.2, 0.25) is 0 Å². The van der Waals surface area contributed by atoms with E-state index in [1.807, 2.05) is 19.1 Å². The van der Waals surface area contributed by atoms with Crippen molar-refractivity contribution >= 4 is 5.69 Å². The Morgan fingerprint density at radius 3 is 2.14 bits per heavy atom. The molecule has 0 bridgehead atoms. The molecule has 2 aromatic carbocycles. The normalized spacial score (nSPS) is 12.0. The third-order valence-electron chi connectivity index (χ3n) is 3.97. The summed E-state index contributed by atoms with van der Waals surface area (Å²) >= 11 is 0. The maximum Gasteiger partial charge on any atom is 0.119 e. The van der Waals surface area contributed by atoms with Crippen LogP contribution in [-0.4, -0.2) is 6.61 Å². The second kappa shape index (κ2) is 8.47. The molecule has 2 nitrogen and oxygen atoms in total. The minimum Gasteiger partial charge on any atom is -0.494 e. The van der Waals surface area contributed by atoms with Crippen molar-refractivity contribution in [2.75, 3.05) is 11.9 Å². The highest BCUT2D eigenvalue weighted by atomic mass is 16.5. The van der Waals surface area contributed by atoms with Crippen LogP contribution in [0.25, 0.3) is 0 Å². The van der Waals surface area contributed by atoms with Crippen molar-refractivity contribution < 1.29 is 4.74 Å². The summed E-state index contributed by atoms with van der Waals surface area (Å²) in [5.41, 5.74) is 3.84. The van der Waals surface area contributed by atoms with E-state index in [1.165, 1.54) is 23.2 Å². The molecule has 2 aromatic rings. The molecule has 0 spiro atoms. The zero-order valence-corrected chi connectivity index (χ0v) is 13.9. The van der Waals surface area contributed by atoms with Crippen molar-refractivity contribution in [1.29, 1.82) is 0 Å². The second-order valence-corrected chi connectivity index (χ2v) is 5.84. The summed E-state index contributed by atoms with van der Waals surface area (Å²) in [5.74, 6) is 1.68. The van der Waals surface area contributed by atoms with Gasteiger partial charge in [0.25, 0.3) is 0 Å². The predicted molar refractivity (Wildman–Crippen MR) is 94.5 cm³/mol. The van der Waals surface area contributed by atoms with Crippen LogP contribution in [0.15, 0.2) is 48.5 Å². The van der Waals surface area contributed by atoms with Crippen LogP contribution >= 0.6 is 0 Å². The minimum absolute atomic E-state index is 0.709. The highest BCUT2D eigenvalue weighted by molar-refractivity contribution is 5.45. The molecule has 0 amide bonds. The molecule has 0 unspecified atom stereocenters. The largest absolute Gasteiger partial charge is 0.494 e. The third-order valence-corrected chi connectivity index (χ3v) is 3.97. The first kappa shape index (κ1) is 16.4. The Hall–Kier alpha value is -1.96. The van der Waals surface area contributed by atoms with E-state index < -0.39 is 0 Å². The van der Waals surface area contributed by atoms with Crippen molar-refractivity contribution in [3.05, 3.63) is 59.7 Å². The van der Waals surface area contributed by atoms with Gasteiger partial charge in [0.15, 0.2) is 0 Å². The molecular weight excluding hydrogens is 270 g/mol. The standard InChI is InChI=1S/C20H27NO/c1-4-16(3)14-17-6-10-19(11-7-17)21-15-18-8-12-20(13-9-18)22-5-2/h6-13,16,21H,4-5,14-15H2,1-3H3/t16-/m0/s1. The van der Waals surface area contributed by atoms with Crippen LogP contribution in [0.2, 0.25) is 0 Å². The van der Waals surface area contributed by atoms with Gasteiger partial charge in [0.1, 0.15) is 5.75 Å². The molecular formula is C20H27NO. The Balaban J connectivity index is 1.86. The number of nitrogens with one attached hydrogen (secondary N) is 1. The van der Waals surface area contributed by atoms with E-state index in [0.29, 0.717) is 6.61 Å². The lowest BCUT2D eigenvalue weighted by Gasteiger charge is -2.11. The lowest BCUT2D eigenvalue weighted by Crippen LogP contribution is -2.01. The SMILES string of the molecule is CCOc1ccc(CNc2ccc(C[C@@H](C)CC)cc2)cc1. The number of ether oxygens (including phenoxy) is 1. The van der Waals surface area contributed by atoms with E-state index in [9.17, 15) is 0 Å². The molecule has 2 heteroatoms. The maximum atomic E-state index is 5.46. The monoisotopic (exact) mass is 297 g/mol. The Labute approximate surface area is 134 Å². The van der Waals surface area contributed by atoms with Crippen molar-refractivity contribution in [1.82, 2.24) is 0 Å². The summed E-state index contributed by atoms with van der Waals surface area (Å²) < 4.78 is 5.46. The first-order valence-electron chi connectivity index (χ1n) is 8.25. The maximum absolute atomic E-state index is 5.46. The van der Waals surface area contributed by atoms with Gasteiger partial charge in [-0.25, -0.2) is 0 Å². The molecule has 118 valence electrons. The summed E-state index contributed by atoms with van der Waals surface area (Å²) in [5, 5.41) is 3.47. The number of anilines is 1. The predicted octanol–water partition coefficient (Wildman–Crippen LogP) is 5.29. The van der Waals surface area contributed by atoms with Crippen molar-refractivity contribution in [2.45, 2.75) is 40.2 Å². The summed E-state index contributed by atoms with van der Waals surface area (Å²) in [6.45, 7) is 8.09. The molecule has 0 saturated carbocycles. The smallest absolute Gasteiger partial charge is 0.119 e. The van der Waals surface area contributed by atoms with Gasteiger partial charge in [0.05, 0.1) is 6.61 Å². The third kappa shape index (κ3) is 5.10. The van der Waals surface area contributed by atoms with Gasteiger partial charge >= 0.3 is 0 Å². The van der Waals surface area contributed by atoms with Gasteiger partial charge in [-0.05, 0) is 54.7 Å². The van der Waals surface area contributed by atoms with E-state index in [1.54, 1.807) is 0 Å². The highest BCUT2D eigenvalue weighted by Crippen LogP contribution is 2.17. The Bertz CT molecular complexity index is 545. The van der Waals surface area contributed by atoms with Gasteiger partial charge in [0, 0.05) is 12.2 Å². The van der Waals surface area contributed by atoms with Gasteiger partial charge in [-0.3, -0.25) is 0 Å². The zero-order valence-electron chi connectivity index (χ0n) is 13.9. The van der Waals surface area contributed by atoms with Crippen LogP contribution < -0.4 is 10.1 Å². The van der Waals surface area contributed by atoms with Crippen LogP contribution in [0.4, 0.5) is 5.69 Å². The van der Waals surface area contributed by atoms with Crippen LogP contribution in [0.1, 0.15) is 38.3 Å². The van der Waals surface area contributed by atoms with E-state index in [2.05, 4.69) is 55.6 Å². The molecule has 1 N–H and O–H groups in total. The van der Waals surface area contributed by atoms with Crippen molar-refractivity contribution in [3.8, 4) is 5.75 Å². The van der Waals surface area contributed by atoms with E-state index >= 15 is 0 Å². The average Bonchev–Trinajstić information content (AvgIpc) is 2.56. The number of hydrogen-bond donors (Lipinski definition) is 1. The van der Waals surface area contributed by atoms with Crippen LogP contribution in [0, 0.1) is 5.92 Å². The van der Waals surface area contributed by atoms with Gasteiger partial charge in [-0.2, -0.15) is 0 Å². The van der Waals surface area contributed by atoms with Gasteiger partial charge < -0.3 is 10.1 Å². The molecule has 0 heterocycles. The Kier molecular flexibility index (Phi) is 6.32. The summed E-state index contributed by atoms with van der Waals surface area (Å²) in [6, 6.07) is 17.1. The van der Waals surface area contributed by atoms with Gasteiger partial charge in [-0.1, -0.05) is 44.5 Å². The Morgan fingerprint density at radius 1 is 0.909 bits per heavy atom. The molecule has 22 heavy (non-hydrogen) atoms. The summed E-state index contributed by atoms with van der Waals surface area (Å²) in [6.07, 6.45) is 2.40. The highest BCUT2D eigenvalue weighted by Gasteiger charge is 2.01. The van der Waals surface area contributed by atoms with E-state index in [-0.39, 0.29) is 0 Å². The molecule has 0 aliphatic heterocycles. The molecule has 0 radical (unpaired) electrons. The fraction of sp³-hybridized carbons (Fsp3) is 0.400. The quantitative estimate of drug-likeness (QED) is 0.715. The first-order chi connectivity index (χ1) is 10.7. The Morgan fingerprint density at radius 2 is 1.55 bits per heavy atom. The average molecular weight is 297 g/mol. The van der Waals surface area contributed by atoms with Gasteiger partial charge in [-0.15, -0.1) is 0 Å². The van der Waals surface area contributed by atoms with Crippen LogP contribution in [0.3, 0.4) is 0 Å². The summed E-state index contributed by atoms with van der Waals surface area (Å²) in [7, 11) is 0. The molecule has 0 saturated heterocycles. The first-order valence-corrected chi connectivity index (χ1v) is 8.25. The van der Waals surface area contributed by atoms with Crippen molar-refractivity contribution in [3.63, 3.8) is 0 Å². The lowest BCUT2D eigenvalue weighted by molar-refractivity contribution is 0.340. The van der Waals surface area contributed by atoms with E-state index in [0.717, 1.165) is 24.6 Å². The molecule has 1 atom stereocenters. The number of benzene rings is 2. The van der Waals surface area contributed by atoms with Crippen LogP contribution in [-0.2, 0) is 13.0 Å². The van der Waals surface area contributed by atoms with E-state index in [4.69, 9.17) is 4.74 Å². The molecule has 2 rings (SSSR count). The molecule has 0 fully saturated rings. The zero-order chi connectivity index (χ0) is 15.8. The fourth-order valence-electron chi connectivity index (χ4n) is 2.38. The number of rotatable bonds is 8. The minimum atomic E-state index is 0.709. The second-order valence-electron chi connectivity index (χ2n) is 5.84. The number of hydrogen-bond acceptors (Lipinski definition) is 2.